The summed E-state index contributed by atoms with van der Waals surface area (Å²) in [5.74, 6) is 0.0822. The van der Waals surface area contributed by atoms with Crippen LogP contribution in [0.1, 0.15) is 12.6 Å². The molecule has 0 bridgehead atoms. The lowest BCUT2D eigenvalue weighted by molar-refractivity contribution is 0.599. The SMILES string of the molecule is CC(C#N)CNCCc1ccccn1. The van der Waals surface area contributed by atoms with Gasteiger partial charge in [0.15, 0.2) is 0 Å². The third kappa shape index (κ3) is 4.01. The second-order valence-electron chi connectivity index (χ2n) is 3.31. The summed E-state index contributed by atoms with van der Waals surface area (Å²) >= 11 is 0. The van der Waals surface area contributed by atoms with E-state index in [1.807, 2.05) is 25.1 Å². The van der Waals surface area contributed by atoms with Crippen LogP contribution in [0, 0.1) is 17.2 Å². The molecule has 0 radical (unpaired) electrons. The van der Waals surface area contributed by atoms with E-state index in [-0.39, 0.29) is 5.92 Å². The third-order valence-electron chi connectivity index (χ3n) is 1.95. The number of aromatic nitrogens is 1. The van der Waals surface area contributed by atoms with Crippen LogP contribution in [0.5, 0.6) is 0 Å². The highest BCUT2D eigenvalue weighted by Crippen LogP contribution is 1.93. The summed E-state index contributed by atoms with van der Waals surface area (Å²) in [5, 5.41) is 11.8. The molecule has 1 aromatic heterocycles. The molecule has 1 unspecified atom stereocenters. The number of hydrogen-bond donors (Lipinski definition) is 1. The van der Waals surface area contributed by atoms with Gasteiger partial charge in [-0.15, -0.1) is 0 Å². The summed E-state index contributed by atoms with van der Waals surface area (Å²) in [6, 6.07) is 8.09. The Morgan fingerprint density at radius 3 is 3.07 bits per heavy atom. The van der Waals surface area contributed by atoms with Crippen molar-refractivity contribution in [2.75, 3.05) is 13.1 Å². The Bertz CT molecular complexity index is 289. The summed E-state index contributed by atoms with van der Waals surface area (Å²) < 4.78 is 0. The van der Waals surface area contributed by atoms with Crippen LogP contribution < -0.4 is 5.32 Å². The van der Waals surface area contributed by atoms with Crippen LogP contribution in [0.3, 0.4) is 0 Å². The molecule has 1 heterocycles. The maximum absolute atomic E-state index is 8.55. The Balaban J connectivity index is 2.14. The van der Waals surface area contributed by atoms with Crippen molar-refractivity contribution in [2.45, 2.75) is 13.3 Å². The summed E-state index contributed by atoms with van der Waals surface area (Å²) in [6.45, 7) is 3.54. The Hall–Kier alpha value is -1.40. The number of nitriles is 1. The van der Waals surface area contributed by atoms with Crippen molar-refractivity contribution < 1.29 is 0 Å². The third-order valence-corrected chi connectivity index (χ3v) is 1.95. The molecule has 3 nitrogen and oxygen atoms in total. The molecule has 0 aliphatic rings. The molecule has 1 N–H and O–H groups in total. The number of nitrogens with zero attached hydrogens (tertiary/aromatic N) is 2. The van der Waals surface area contributed by atoms with Crippen molar-refractivity contribution >= 4 is 0 Å². The molecular formula is C11H15N3. The van der Waals surface area contributed by atoms with E-state index < -0.39 is 0 Å². The molecule has 0 aromatic carbocycles. The van der Waals surface area contributed by atoms with Crippen LogP contribution in [0.2, 0.25) is 0 Å². The lowest BCUT2D eigenvalue weighted by Gasteiger charge is -2.04. The van der Waals surface area contributed by atoms with E-state index in [0.717, 1.165) is 25.2 Å². The lowest BCUT2D eigenvalue weighted by atomic mass is 10.2. The lowest BCUT2D eigenvalue weighted by Crippen LogP contribution is -2.22. The molecule has 0 fully saturated rings. The van der Waals surface area contributed by atoms with Crippen molar-refractivity contribution in [3.05, 3.63) is 30.1 Å². The van der Waals surface area contributed by atoms with Crippen LogP contribution in [-0.4, -0.2) is 18.1 Å². The van der Waals surface area contributed by atoms with E-state index in [0.29, 0.717) is 0 Å². The summed E-state index contributed by atoms with van der Waals surface area (Å²) in [7, 11) is 0. The molecule has 14 heavy (non-hydrogen) atoms. The van der Waals surface area contributed by atoms with Crippen molar-refractivity contribution in [3.8, 4) is 6.07 Å². The quantitative estimate of drug-likeness (QED) is 0.712. The van der Waals surface area contributed by atoms with Gasteiger partial charge in [0, 0.05) is 31.4 Å². The summed E-state index contributed by atoms with van der Waals surface area (Å²) in [5.41, 5.74) is 1.09. The monoisotopic (exact) mass is 189 g/mol. The second kappa shape index (κ2) is 6.11. The van der Waals surface area contributed by atoms with Crippen LogP contribution in [-0.2, 0) is 6.42 Å². The first-order valence-electron chi connectivity index (χ1n) is 4.83. The largest absolute Gasteiger partial charge is 0.315 e. The highest BCUT2D eigenvalue weighted by atomic mass is 14.9. The number of hydrogen-bond acceptors (Lipinski definition) is 3. The highest BCUT2D eigenvalue weighted by molar-refractivity contribution is 5.03. The Morgan fingerprint density at radius 2 is 2.43 bits per heavy atom. The predicted molar refractivity (Wildman–Crippen MR) is 55.6 cm³/mol. The Kier molecular flexibility index (Phi) is 4.66. The predicted octanol–water partition coefficient (Wildman–Crippen LogP) is 1.37. The standard InChI is InChI=1S/C11H15N3/c1-10(8-12)9-13-7-5-11-4-2-3-6-14-11/h2-4,6,10,13H,5,7,9H2,1H3. The number of rotatable bonds is 5. The first kappa shape index (κ1) is 10.7. The molecule has 1 atom stereocenters. The van der Waals surface area contributed by atoms with Crippen LogP contribution >= 0.6 is 0 Å². The summed E-state index contributed by atoms with van der Waals surface area (Å²) in [4.78, 5) is 4.21. The zero-order chi connectivity index (χ0) is 10.2. The average Bonchev–Trinajstić information content (AvgIpc) is 2.25. The number of nitrogens with one attached hydrogen (secondary N) is 1. The normalized spacial score (nSPS) is 12.0. The fraction of sp³-hybridized carbons (Fsp3) is 0.455. The van der Waals surface area contributed by atoms with Gasteiger partial charge in [0.25, 0.3) is 0 Å². The van der Waals surface area contributed by atoms with Gasteiger partial charge in [0.2, 0.25) is 0 Å². The smallest absolute Gasteiger partial charge is 0.0666 e. The van der Waals surface area contributed by atoms with Gasteiger partial charge in [0.05, 0.1) is 12.0 Å². The Labute approximate surface area is 84.8 Å². The average molecular weight is 189 g/mol. The van der Waals surface area contributed by atoms with Gasteiger partial charge in [0.1, 0.15) is 0 Å². The molecule has 0 saturated heterocycles. The van der Waals surface area contributed by atoms with Crippen LogP contribution in [0.15, 0.2) is 24.4 Å². The topological polar surface area (TPSA) is 48.7 Å². The van der Waals surface area contributed by atoms with Gasteiger partial charge in [-0.05, 0) is 19.1 Å². The molecule has 3 heteroatoms. The van der Waals surface area contributed by atoms with Gasteiger partial charge in [-0.1, -0.05) is 6.07 Å². The molecule has 1 aromatic rings. The van der Waals surface area contributed by atoms with E-state index >= 15 is 0 Å². The zero-order valence-electron chi connectivity index (χ0n) is 8.40. The maximum atomic E-state index is 8.55. The van der Waals surface area contributed by atoms with Crippen molar-refractivity contribution in [2.24, 2.45) is 5.92 Å². The fourth-order valence-corrected chi connectivity index (χ4v) is 1.13. The molecule has 0 spiro atoms. The van der Waals surface area contributed by atoms with Gasteiger partial charge in [-0.2, -0.15) is 5.26 Å². The van der Waals surface area contributed by atoms with Gasteiger partial charge in [-0.25, -0.2) is 0 Å². The van der Waals surface area contributed by atoms with E-state index in [1.165, 1.54) is 0 Å². The maximum Gasteiger partial charge on any atom is 0.0666 e. The van der Waals surface area contributed by atoms with Gasteiger partial charge < -0.3 is 5.32 Å². The van der Waals surface area contributed by atoms with Crippen LogP contribution in [0.25, 0.3) is 0 Å². The van der Waals surface area contributed by atoms with Crippen LogP contribution in [0.4, 0.5) is 0 Å². The molecule has 0 saturated carbocycles. The van der Waals surface area contributed by atoms with E-state index in [4.69, 9.17) is 5.26 Å². The van der Waals surface area contributed by atoms with Crippen molar-refractivity contribution in [1.29, 1.82) is 5.26 Å². The van der Waals surface area contributed by atoms with Crippen molar-refractivity contribution in [1.82, 2.24) is 10.3 Å². The minimum absolute atomic E-state index is 0.0822. The first-order chi connectivity index (χ1) is 6.83. The zero-order valence-corrected chi connectivity index (χ0v) is 8.40. The molecule has 74 valence electrons. The minimum atomic E-state index is 0.0822. The van der Waals surface area contributed by atoms with E-state index in [2.05, 4.69) is 16.4 Å². The summed E-state index contributed by atoms with van der Waals surface area (Å²) in [6.07, 6.45) is 2.71. The highest BCUT2D eigenvalue weighted by Gasteiger charge is 1.97. The second-order valence-corrected chi connectivity index (χ2v) is 3.31. The molecular weight excluding hydrogens is 174 g/mol. The van der Waals surface area contributed by atoms with Crippen molar-refractivity contribution in [3.63, 3.8) is 0 Å². The first-order valence-corrected chi connectivity index (χ1v) is 4.83. The number of pyridine rings is 1. The molecule has 1 rings (SSSR count). The van der Waals surface area contributed by atoms with E-state index in [1.54, 1.807) is 6.20 Å². The molecule has 0 aliphatic carbocycles. The molecule has 0 amide bonds. The van der Waals surface area contributed by atoms with E-state index in [9.17, 15) is 0 Å². The minimum Gasteiger partial charge on any atom is -0.315 e. The van der Waals surface area contributed by atoms with Gasteiger partial charge in [-0.3, -0.25) is 4.98 Å². The Morgan fingerprint density at radius 1 is 1.57 bits per heavy atom. The van der Waals surface area contributed by atoms with Gasteiger partial charge >= 0.3 is 0 Å². The molecule has 0 aliphatic heterocycles. The fourth-order valence-electron chi connectivity index (χ4n) is 1.13.